The molecule has 0 aromatic carbocycles. The van der Waals surface area contributed by atoms with Crippen molar-refractivity contribution in [1.29, 1.82) is 0 Å². The molecule has 0 aliphatic carbocycles. The van der Waals surface area contributed by atoms with E-state index in [9.17, 15) is 53.7 Å². The number of aliphatic hydroxyl groups is 4. The standard InChI is InChI=1S/C35H60N2O18P2/c1-19(2)11-9-12-20(3)13-10-14-21(4)15-16-49-56(45,46)55-57(47,48)54-35-29(37-25(8)42)33(50-23(6)22(5)40)32(27(18-39)52-35)53-34-28(36-24(7)41)31(44)30(43)26(17-38)51-34/h11,13,15,23,26-35,38-39,43-44H,9-10,12,14,16-18H2,1-8H3,(H,36,41)(H,37,42)(H,45,46)(H,47,48). The number of carbonyl (C=O) groups excluding carboxylic acids is 3. The summed E-state index contributed by atoms with van der Waals surface area (Å²) >= 11 is 0. The SMILES string of the molecule is CC(=O)NC1C(OC2C(CO)OC(OP(=O)(O)OP(=O)(O)OCC=C(C)CCC=C(C)CCC=C(C)C)C(NC(C)=O)C2OC(C)C(C)=O)OC(CO)C(O)C1O. The minimum absolute atomic E-state index is 0.479. The number of phosphoric ester groups is 2. The van der Waals surface area contributed by atoms with Gasteiger partial charge in [-0.2, -0.15) is 4.31 Å². The molecule has 0 saturated carbocycles. The van der Waals surface area contributed by atoms with Gasteiger partial charge in [0.2, 0.25) is 11.8 Å². The fraction of sp³-hybridized carbons (Fsp3) is 0.743. The highest BCUT2D eigenvalue weighted by Gasteiger charge is 2.55. The normalized spacial score (nSPS) is 31.1. The van der Waals surface area contributed by atoms with Crippen molar-refractivity contribution >= 4 is 33.2 Å². The number of aliphatic hydroxyl groups excluding tert-OH is 4. The van der Waals surface area contributed by atoms with Gasteiger partial charge >= 0.3 is 15.6 Å². The van der Waals surface area contributed by atoms with Crippen molar-refractivity contribution in [3.05, 3.63) is 34.9 Å². The van der Waals surface area contributed by atoms with Gasteiger partial charge in [0.25, 0.3) is 0 Å². The van der Waals surface area contributed by atoms with Gasteiger partial charge in [0.15, 0.2) is 18.4 Å². The maximum Gasteiger partial charge on any atom is 0.483 e. The van der Waals surface area contributed by atoms with Crippen molar-refractivity contribution in [1.82, 2.24) is 10.6 Å². The molecule has 0 radical (unpaired) electrons. The minimum atomic E-state index is -5.65. The van der Waals surface area contributed by atoms with Crippen LogP contribution in [0.15, 0.2) is 34.9 Å². The molecule has 0 bridgehead atoms. The molecule has 0 spiro atoms. The zero-order chi connectivity index (χ0) is 43.2. The largest absolute Gasteiger partial charge is 0.483 e. The van der Waals surface area contributed by atoms with Gasteiger partial charge in [-0.05, 0) is 67.2 Å². The molecule has 13 atom stereocenters. The zero-order valence-electron chi connectivity index (χ0n) is 33.5. The lowest BCUT2D eigenvalue weighted by atomic mass is 9.94. The summed E-state index contributed by atoms with van der Waals surface area (Å²) in [6, 6.07) is -3.20. The lowest BCUT2D eigenvalue weighted by Crippen LogP contribution is -2.70. The van der Waals surface area contributed by atoms with Crippen molar-refractivity contribution in [2.75, 3.05) is 19.8 Å². The van der Waals surface area contributed by atoms with Crippen LogP contribution >= 0.6 is 15.6 Å². The number of rotatable bonds is 22. The van der Waals surface area contributed by atoms with Gasteiger partial charge < -0.3 is 59.8 Å². The number of phosphoric acid groups is 2. The number of allylic oxidation sites excluding steroid dienone is 5. The van der Waals surface area contributed by atoms with Crippen LogP contribution in [0.2, 0.25) is 0 Å². The number of Topliss-reactive ketones (excluding diaryl/α,β-unsaturated/α-hetero) is 1. The predicted octanol–water partition coefficient (Wildman–Crippen LogP) is 1.57. The van der Waals surface area contributed by atoms with Crippen LogP contribution in [0.3, 0.4) is 0 Å². The van der Waals surface area contributed by atoms with Crippen molar-refractivity contribution < 1.29 is 86.0 Å². The maximum absolute atomic E-state index is 13.2. The van der Waals surface area contributed by atoms with E-state index in [1.54, 1.807) is 6.92 Å². The number of hydrogen-bond donors (Lipinski definition) is 8. The van der Waals surface area contributed by atoms with E-state index >= 15 is 0 Å². The molecule has 13 unspecified atom stereocenters. The summed E-state index contributed by atoms with van der Waals surface area (Å²) in [6.07, 6.45) is -5.96. The number of carbonyl (C=O) groups is 3. The lowest BCUT2D eigenvalue weighted by molar-refractivity contribution is -0.331. The third kappa shape index (κ3) is 17.1. The molecular weight excluding hydrogens is 798 g/mol. The Balaban J connectivity index is 2.32. The highest BCUT2D eigenvalue weighted by atomic mass is 31.3. The van der Waals surface area contributed by atoms with Gasteiger partial charge in [0.1, 0.15) is 54.8 Å². The predicted molar refractivity (Wildman–Crippen MR) is 202 cm³/mol. The Morgan fingerprint density at radius 1 is 0.737 bits per heavy atom. The molecule has 2 amide bonds. The number of hydrogen-bond acceptors (Lipinski definition) is 16. The molecule has 8 N–H and O–H groups in total. The van der Waals surface area contributed by atoms with E-state index in [1.807, 2.05) is 20.8 Å². The first-order valence-electron chi connectivity index (χ1n) is 18.4. The van der Waals surface area contributed by atoms with E-state index < -0.39 is 120 Å². The molecule has 328 valence electrons. The van der Waals surface area contributed by atoms with Crippen molar-refractivity contribution in [2.24, 2.45) is 0 Å². The van der Waals surface area contributed by atoms with Crippen LogP contribution in [0, 0.1) is 0 Å². The topological polar surface area (TPSA) is 295 Å². The van der Waals surface area contributed by atoms with E-state index in [1.165, 1.54) is 31.1 Å². The Morgan fingerprint density at radius 3 is 1.82 bits per heavy atom. The average Bonchev–Trinajstić information content (AvgIpc) is 3.08. The molecule has 2 saturated heterocycles. The lowest BCUT2D eigenvalue weighted by Gasteiger charge is -2.49. The van der Waals surface area contributed by atoms with Gasteiger partial charge in [0.05, 0.1) is 19.8 Å². The van der Waals surface area contributed by atoms with E-state index in [4.69, 9.17) is 28.0 Å². The van der Waals surface area contributed by atoms with Gasteiger partial charge in [-0.1, -0.05) is 34.9 Å². The molecule has 22 heteroatoms. The molecule has 2 rings (SSSR count). The van der Waals surface area contributed by atoms with E-state index in [2.05, 4.69) is 27.1 Å². The Labute approximate surface area is 332 Å². The average molecular weight is 859 g/mol. The fourth-order valence-electron chi connectivity index (χ4n) is 5.84. The number of ether oxygens (including phenoxy) is 4. The van der Waals surface area contributed by atoms with Gasteiger partial charge in [-0.3, -0.25) is 23.4 Å². The second-order valence-corrected chi connectivity index (χ2v) is 17.2. The van der Waals surface area contributed by atoms with Crippen molar-refractivity contribution in [2.45, 2.75) is 148 Å². The minimum Gasteiger partial charge on any atom is -0.394 e. The maximum atomic E-state index is 13.2. The third-order valence-electron chi connectivity index (χ3n) is 8.91. The Hall–Kier alpha value is -2.23. The first-order valence-corrected chi connectivity index (χ1v) is 21.4. The first-order chi connectivity index (χ1) is 26.5. The summed E-state index contributed by atoms with van der Waals surface area (Å²) < 4.78 is 63.9. The van der Waals surface area contributed by atoms with Crippen LogP contribution < -0.4 is 10.6 Å². The molecule has 57 heavy (non-hydrogen) atoms. The second-order valence-electron chi connectivity index (χ2n) is 14.2. The first kappa shape index (κ1) is 50.9. The van der Waals surface area contributed by atoms with Gasteiger partial charge in [-0.15, -0.1) is 0 Å². The van der Waals surface area contributed by atoms with Gasteiger partial charge in [-0.25, -0.2) is 9.13 Å². The molecule has 0 aromatic heterocycles. The van der Waals surface area contributed by atoms with Crippen LogP contribution in [0.5, 0.6) is 0 Å². The van der Waals surface area contributed by atoms with Crippen molar-refractivity contribution in [3.8, 4) is 0 Å². The van der Waals surface area contributed by atoms with E-state index in [0.29, 0.717) is 12.8 Å². The summed E-state index contributed by atoms with van der Waals surface area (Å²) in [6.45, 7) is 10.3. The zero-order valence-corrected chi connectivity index (χ0v) is 35.3. The van der Waals surface area contributed by atoms with Crippen LogP contribution in [0.1, 0.15) is 81.1 Å². The highest BCUT2D eigenvalue weighted by Crippen LogP contribution is 2.61. The fourth-order valence-corrected chi connectivity index (χ4v) is 7.94. The smallest absolute Gasteiger partial charge is 0.394 e. The molecule has 20 nitrogen and oxygen atoms in total. The third-order valence-corrected chi connectivity index (χ3v) is 11.5. The summed E-state index contributed by atoms with van der Waals surface area (Å²) in [5.74, 6) is -2.02. The summed E-state index contributed by atoms with van der Waals surface area (Å²) in [7, 11) is -11.0. The van der Waals surface area contributed by atoms with Crippen LogP contribution in [0.25, 0.3) is 0 Å². The van der Waals surface area contributed by atoms with E-state index in [0.717, 1.165) is 32.3 Å². The molecule has 0 aromatic rings. The number of nitrogens with one attached hydrogen (secondary N) is 2. The quantitative estimate of drug-likeness (QED) is 0.0566. The van der Waals surface area contributed by atoms with E-state index in [-0.39, 0.29) is 0 Å². The molecule has 2 fully saturated rings. The Kier molecular flexibility index (Phi) is 21.0. The molecule has 2 heterocycles. The molecule has 2 aliphatic heterocycles. The summed E-state index contributed by atoms with van der Waals surface area (Å²) in [5, 5.41) is 46.2. The van der Waals surface area contributed by atoms with Crippen molar-refractivity contribution in [3.63, 3.8) is 0 Å². The molecule has 2 aliphatic rings. The monoisotopic (exact) mass is 858 g/mol. The van der Waals surface area contributed by atoms with Crippen LogP contribution in [-0.2, 0) is 55.8 Å². The summed E-state index contributed by atoms with van der Waals surface area (Å²) in [5.41, 5.74) is 3.27. The van der Waals surface area contributed by atoms with Gasteiger partial charge in [0, 0.05) is 13.8 Å². The second kappa shape index (κ2) is 23.5. The highest BCUT2D eigenvalue weighted by molar-refractivity contribution is 7.61. The van der Waals surface area contributed by atoms with Crippen LogP contribution in [0.4, 0.5) is 0 Å². The number of amides is 2. The Bertz CT molecular complexity index is 1540. The number of ketones is 1. The van der Waals surface area contributed by atoms with Crippen LogP contribution in [-0.4, -0.2) is 135 Å². The molecular formula is C35H60N2O18P2. The summed E-state index contributed by atoms with van der Waals surface area (Å²) in [4.78, 5) is 57.8. The Morgan fingerprint density at radius 2 is 1.28 bits per heavy atom.